The molecule has 100 valence electrons. The molecule has 19 heavy (non-hydrogen) atoms. The predicted molar refractivity (Wildman–Crippen MR) is 85.5 cm³/mol. The summed E-state index contributed by atoms with van der Waals surface area (Å²) in [6.07, 6.45) is 5.60. The maximum Gasteiger partial charge on any atom is 0.103 e. The van der Waals surface area contributed by atoms with Crippen molar-refractivity contribution in [3.05, 3.63) is 34.7 Å². The third-order valence-corrected chi connectivity index (χ3v) is 5.92. The highest BCUT2D eigenvalue weighted by Gasteiger charge is 2.16. The van der Waals surface area contributed by atoms with Crippen molar-refractivity contribution in [2.75, 3.05) is 5.73 Å². The maximum atomic E-state index is 5.71. The topological polar surface area (TPSA) is 38.9 Å². The van der Waals surface area contributed by atoms with Crippen LogP contribution in [0.4, 0.5) is 5.69 Å². The molecule has 1 saturated carbocycles. The van der Waals surface area contributed by atoms with Gasteiger partial charge in [0, 0.05) is 27.6 Å². The maximum absolute atomic E-state index is 5.71. The summed E-state index contributed by atoms with van der Waals surface area (Å²) in [5, 5.41) is 4.25. The average Bonchev–Trinajstić information content (AvgIpc) is 3.09. The fourth-order valence-corrected chi connectivity index (χ4v) is 4.58. The Bertz CT molecular complexity index is 527. The second-order valence-electron chi connectivity index (χ2n) is 4.97. The Hall–Kier alpha value is -1.00. The van der Waals surface area contributed by atoms with E-state index in [-0.39, 0.29) is 0 Å². The molecule has 0 radical (unpaired) electrons. The lowest BCUT2D eigenvalue weighted by Gasteiger charge is -2.05. The van der Waals surface area contributed by atoms with Crippen molar-refractivity contribution < 1.29 is 0 Å². The zero-order valence-electron chi connectivity index (χ0n) is 10.8. The van der Waals surface area contributed by atoms with E-state index in [0.29, 0.717) is 0 Å². The molecule has 1 fully saturated rings. The first-order chi connectivity index (χ1) is 9.31. The first-order valence-electron chi connectivity index (χ1n) is 6.73. The number of hydrogen-bond donors (Lipinski definition) is 1. The second kappa shape index (κ2) is 5.97. The molecule has 1 aliphatic carbocycles. The number of anilines is 1. The molecule has 1 aromatic carbocycles. The molecule has 0 atom stereocenters. The normalized spacial score (nSPS) is 16.0. The van der Waals surface area contributed by atoms with Crippen LogP contribution in [0.2, 0.25) is 0 Å². The summed E-state index contributed by atoms with van der Waals surface area (Å²) in [7, 11) is 0. The van der Waals surface area contributed by atoms with Crippen LogP contribution in [0, 0.1) is 0 Å². The smallest absolute Gasteiger partial charge is 0.103 e. The number of nitrogens with two attached hydrogens (primary N) is 1. The predicted octanol–water partition coefficient (Wildman–Crippen LogP) is 4.57. The Morgan fingerprint density at radius 2 is 1.95 bits per heavy atom. The van der Waals surface area contributed by atoms with Crippen LogP contribution in [0.15, 0.2) is 29.6 Å². The summed E-state index contributed by atoms with van der Waals surface area (Å²) in [5.41, 5.74) is 8.74. The van der Waals surface area contributed by atoms with Crippen molar-refractivity contribution in [1.29, 1.82) is 0 Å². The minimum atomic E-state index is 0.802. The quantitative estimate of drug-likeness (QED) is 0.838. The summed E-state index contributed by atoms with van der Waals surface area (Å²) in [5.74, 6) is 1.06. The van der Waals surface area contributed by atoms with Gasteiger partial charge in [-0.25, -0.2) is 4.98 Å². The largest absolute Gasteiger partial charge is 0.399 e. The third-order valence-electron chi connectivity index (χ3n) is 3.50. The van der Waals surface area contributed by atoms with E-state index in [9.17, 15) is 0 Å². The van der Waals surface area contributed by atoms with Gasteiger partial charge in [0.1, 0.15) is 5.01 Å². The number of nitrogen functional groups attached to an aromatic ring is 1. The van der Waals surface area contributed by atoms with E-state index in [1.54, 1.807) is 11.3 Å². The molecule has 1 heterocycles. The molecular weight excluding hydrogens is 272 g/mol. The molecule has 3 rings (SSSR count). The second-order valence-corrected chi connectivity index (χ2v) is 7.20. The molecule has 1 aromatic heterocycles. The number of rotatable bonds is 4. The fourth-order valence-electron chi connectivity index (χ4n) is 2.41. The van der Waals surface area contributed by atoms with Gasteiger partial charge in [-0.1, -0.05) is 25.0 Å². The van der Waals surface area contributed by atoms with E-state index < -0.39 is 0 Å². The first-order valence-corrected chi connectivity index (χ1v) is 8.66. The monoisotopic (exact) mass is 290 g/mol. The first kappa shape index (κ1) is 13.0. The minimum absolute atomic E-state index is 0.802. The van der Waals surface area contributed by atoms with Gasteiger partial charge < -0.3 is 5.73 Å². The van der Waals surface area contributed by atoms with Gasteiger partial charge in [-0.15, -0.1) is 11.3 Å². The van der Waals surface area contributed by atoms with Crippen LogP contribution >= 0.6 is 23.1 Å². The number of thiazole rings is 1. The zero-order chi connectivity index (χ0) is 13.1. The summed E-state index contributed by atoms with van der Waals surface area (Å²) < 4.78 is 0. The summed E-state index contributed by atoms with van der Waals surface area (Å²) in [6, 6.07) is 7.94. The molecule has 0 spiro atoms. The molecule has 0 aliphatic heterocycles. The Labute approximate surface area is 122 Å². The fraction of sp³-hybridized carbons (Fsp3) is 0.400. The highest BCUT2D eigenvalue weighted by atomic mass is 32.2. The van der Waals surface area contributed by atoms with Crippen LogP contribution < -0.4 is 5.73 Å². The standard InChI is InChI=1S/C15H18N2S2/c16-12-7-5-11(6-8-12)14-9-19-15(17-14)10-18-13-3-1-2-4-13/h5-9,13H,1-4,10,16H2. The molecule has 2 nitrogen and oxygen atoms in total. The van der Waals surface area contributed by atoms with Gasteiger partial charge in [0.25, 0.3) is 0 Å². The molecule has 0 bridgehead atoms. The Kier molecular flexibility index (Phi) is 4.09. The Morgan fingerprint density at radius 3 is 2.68 bits per heavy atom. The van der Waals surface area contributed by atoms with Crippen LogP contribution in [0.5, 0.6) is 0 Å². The van der Waals surface area contributed by atoms with Crippen LogP contribution in [0.3, 0.4) is 0 Å². The Morgan fingerprint density at radius 1 is 1.21 bits per heavy atom. The van der Waals surface area contributed by atoms with E-state index in [4.69, 9.17) is 10.7 Å². The lowest BCUT2D eigenvalue weighted by atomic mass is 10.1. The third kappa shape index (κ3) is 3.31. The van der Waals surface area contributed by atoms with Gasteiger partial charge in [0.2, 0.25) is 0 Å². The van der Waals surface area contributed by atoms with Gasteiger partial charge in [-0.05, 0) is 25.0 Å². The number of benzene rings is 1. The number of hydrogen-bond acceptors (Lipinski definition) is 4. The lowest BCUT2D eigenvalue weighted by Crippen LogP contribution is -1.94. The van der Waals surface area contributed by atoms with Crippen molar-refractivity contribution in [1.82, 2.24) is 4.98 Å². The van der Waals surface area contributed by atoms with Crippen LogP contribution in [0.25, 0.3) is 11.3 Å². The highest BCUT2D eigenvalue weighted by molar-refractivity contribution is 7.99. The summed E-state index contributed by atoms with van der Waals surface area (Å²) in [6.45, 7) is 0. The average molecular weight is 290 g/mol. The van der Waals surface area contributed by atoms with Crippen LogP contribution in [-0.2, 0) is 5.75 Å². The minimum Gasteiger partial charge on any atom is -0.399 e. The summed E-state index contributed by atoms with van der Waals surface area (Å²) in [4.78, 5) is 4.73. The lowest BCUT2D eigenvalue weighted by molar-refractivity contribution is 0.886. The van der Waals surface area contributed by atoms with E-state index in [1.165, 1.54) is 30.7 Å². The summed E-state index contributed by atoms with van der Waals surface area (Å²) >= 11 is 3.84. The van der Waals surface area contributed by atoms with Crippen molar-refractivity contribution in [2.24, 2.45) is 0 Å². The number of nitrogens with zero attached hydrogens (tertiary/aromatic N) is 1. The molecule has 4 heteroatoms. The van der Waals surface area contributed by atoms with E-state index in [2.05, 4.69) is 17.1 Å². The molecule has 2 N–H and O–H groups in total. The molecule has 1 aliphatic rings. The molecular formula is C15H18N2S2. The molecule has 0 amide bonds. The van der Waals surface area contributed by atoms with Crippen LogP contribution in [0.1, 0.15) is 30.7 Å². The molecule has 0 saturated heterocycles. The SMILES string of the molecule is Nc1ccc(-c2csc(CSC3CCCC3)n2)cc1. The van der Waals surface area contributed by atoms with Gasteiger partial charge in [-0.3, -0.25) is 0 Å². The van der Waals surface area contributed by atoms with E-state index in [1.807, 2.05) is 24.3 Å². The highest BCUT2D eigenvalue weighted by Crippen LogP contribution is 2.33. The van der Waals surface area contributed by atoms with Crippen LogP contribution in [-0.4, -0.2) is 10.2 Å². The van der Waals surface area contributed by atoms with Gasteiger partial charge in [0.15, 0.2) is 0 Å². The van der Waals surface area contributed by atoms with Crippen molar-refractivity contribution in [3.8, 4) is 11.3 Å². The van der Waals surface area contributed by atoms with E-state index >= 15 is 0 Å². The van der Waals surface area contributed by atoms with Crippen molar-refractivity contribution in [2.45, 2.75) is 36.7 Å². The van der Waals surface area contributed by atoms with Gasteiger partial charge in [0.05, 0.1) is 5.69 Å². The van der Waals surface area contributed by atoms with E-state index in [0.717, 1.165) is 27.9 Å². The molecule has 2 aromatic rings. The zero-order valence-corrected chi connectivity index (χ0v) is 12.5. The molecule has 0 unspecified atom stereocenters. The number of aromatic nitrogens is 1. The van der Waals surface area contributed by atoms with Gasteiger partial charge >= 0.3 is 0 Å². The Balaban J connectivity index is 1.63. The van der Waals surface area contributed by atoms with Crippen molar-refractivity contribution in [3.63, 3.8) is 0 Å². The number of thioether (sulfide) groups is 1. The van der Waals surface area contributed by atoms with Gasteiger partial charge in [-0.2, -0.15) is 11.8 Å². The van der Waals surface area contributed by atoms with Crippen molar-refractivity contribution >= 4 is 28.8 Å².